The van der Waals surface area contributed by atoms with Gasteiger partial charge in [0.15, 0.2) is 11.5 Å². The normalized spacial score (nSPS) is 15.3. The predicted molar refractivity (Wildman–Crippen MR) is 106 cm³/mol. The molecule has 0 unspecified atom stereocenters. The lowest BCUT2D eigenvalue weighted by atomic mass is 10.2. The number of ether oxygens (including phenoxy) is 2. The first kappa shape index (κ1) is 19.4. The van der Waals surface area contributed by atoms with Crippen molar-refractivity contribution in [3.05, 3.63) is 48.0 Å². The zero-order valence-corrected chi connectivity index (χ0v) is 16.4. The summed E-state index contributed by atoms with van der Waals surface area (Å²) in [7, 11) is -1.80. The summed E-state index contributed by atoms with van der Waals surface area (Å²) in [6.45, 7) is 3.68. The van der Waals surface area contributed by atoms with Crippen molar-refractivity contribution in [1.82, 2.24) is 4.31 Å². The topological polar surface area (TPSA) is 68.2 Å². The molecule has 3 rings (SSSR count). The molecule has 0 radical (unpaired) electrons. The Bertz CT molecular complexity index is 902. The summed E-state index contributed by atoms with van der Waals surface area (Å²) in [6, 6.07) is 12.2. The van der Waals surface area contributed by atoms with E-state index in [4.69, 9.17) is 9.47 Å². The molecule has 0 saturated carbocycles. The lowest BCUT2D eigenvalue weighted by Crippen LogP contribution is -2.27. The lowest BCUT2D eigenvalue weighted by Gasteiger charge is -2.15. The molecule has 1 heterocycles. The summed E-state index contributed by atoms with van der Waals surface area (Å²) in [5, 5.41) is 0. The maximum absolute atomic E-state index is 12.5. The summed E-state index contributed by atoms with van der Waals surface area (Å²) < 4.78 is 37.5. The molecule has 0 atom stereocenters. The fraction of sp³-hybridized carbons (Fsp3) is 0.350. The molecule has 1 saturated heterocycles. The Morgan fingerprint density at radius 1 is 1.07 bits per heavy atom. The van der Waals surface area contributed by atoms with E-state index in [0.29, 0.717) is 41.8 Å². The van der Waals surface area contributed by atoms with Crippen LogP contribution in [0.1, 0.15) is 25.3 Å². The van der Waals surface area contributed by atoms with Crippen molar-refractivity contribution in [3.63, 3.8) is 0 Å². The number of benzene rings is 2. The largest absolute Gasteiger partial charge is 0.493 e. The zero-order valence-electron chi connectivity index (χ0n) is 15.6. The van der Waals surface area contributed by atoms with Crippen molar-refractivity contribution in [3.8, 4) is 11.5 Å². The lowest BCUT2D eigenvalue weighted by molar-refractivity contribution is 0.311. The third-order valence-corrected chi connectivity index (χ3v) is 6.30. The van der Waals surface area contributed by atoms with Gasteiger partial charge in [-0.3, -0.25) is 4.99 Å². The maximum Gasteiger partial charge on any atom is 0.243 e. The van der Waals surface area contributed by atoms with E-state index in [1.807, 2.05) is 25.1 Å². The summed E-state index contributed by atoms with van der Waals surface area (Å²) in [5.74, 6) is 1.33. The minimum atomic E-state index is -3.39. The minimum Gasteiger partial charge on any atom is -0.493 e. The number of aliphatic imine (C=N–C) groups is 1. The number of hydrogen-bond donors (Lipinski definition) is 0. The number of methoxy groups -OCH3 is 1. The first-order valence-corrected chi connectivity index (χ1v) is 10.4. The Morgan fingerprint density at radius 3 is 2.41 bits per heavy atom. The molecule has 0 amide bonds. The Balaban J connectivity index is 1.74. The summed E-state index contributed by atoms with van der Waals surface area (Å²) in [6.07, 6.45) is 3.56. The van der Waals surface area contributed by atoms with Gasteiger partial charge in [-0.25, -0.2) is 8.42 Å². The van der Waals surface area contributed by atoms with Gasteiger partial charge in [0, 0.05) is 19.3 Å². The molecule has 7 heteroatoms. The highest BCUT2D eigenvalue weighted by Crippen LogP contribution is 2.28. The fourth-order valence-electron chi connectivity index (χ4n) is 2.97. The zero-order chi connectivity index (χ0) is 19.3. The SMILES string of the molecule is CCOc1ccc(C=Nc2ccc(S(=O)(=O)N3CCCC3)cc2)cc1OC. The molecule has 1 aliphatic rings. The molecule has 27 heavy (non-hydrogen) atoms. The van der Waals surface area contributed by atoms with E-state index in [1.54, 1.807) is 37.6 Å². The van der Waals surface area contributed by atoms with Crippen LogP contribution in [0.4, 0.5) is 5.69 Å². The fourth-order valence-corrected chi connectivity index (χ4v) is 4.49. The van der Waals surface area contributed by atoms with E-state index in [9.17, 15) is 8.42 Å². The first-order valence-electron chi connectivity index (χ1n) is 8.99. The van der Waals surface area contributed by atoms with Crippen molar-refractivity contribution >= 4 is 21.9 Å². The summed E-state index contributed by atoms with van der Waals surface area (Å²) >= 11 is 0. The van der Waals surface area contributed by atoms with Gasteiger partial charge < -0.3 is 9.47 Å². The second-order valence-electron chi connectivity index (χ2n) is 6.21. The minimum absolute atomic E-state index is 0.311. The molecule has 1 aliphatic heterocycles. The molecule has 1 fully saturated rings. The van der Waals surface area contributed by atoms with Crippen molar-refractivity contribution in [2.24, 2.45) is 4.99 Å². The van der Waals surface area contributed by atoms with Crippen LogP contribution in [0.5, 0.6) is 11.5 Å². The van der Waals surface area contributed by atoms with Crippen LogP contribution in [-0.2, 0) is 10.0 Å². The van der Waals surface area contributed by atoms with Crippen LogP contribution in [0.15, 0.2) is 52.4 Å². The van der Waals surface area contributed by atoms with Gasteiger partial charge in [-0.1, -0.05) is 0 Å². The van der Waals surface area contributed by atoms with Crippen molar-refractivity contribution in [2.75, 3.05) is 26.8 Å². The molecule has 6 nitrogen and oxygen atoms in total. The maximum atomic E-state index is 12.5. The average Bonchev–Trinajstić information content (AvgIpc) is 3.23. The van der Waals surface area contributed by atoms with E-state index < -0.39 is 10.0 Å². The standard InChI is InChI=1S/C20H24N2O4S/c1-3-26-19-11-6-16(14-20(19)25-2)15-21-17-7-9-18(10-8-17)27(23,24)22-12-4-5-13-22/h6-11,14-15H,3-5,12-13H2,1-2H3. The molecule has 0 aromatic heterocycles. The van der Waals surface area contributed by atoms with Crippen LogP contribution in [0.2, 0.25) is 0 Å². The molecule has 0 aliphatic carbocycles. The van der Waals surface area contributed by atoms with Crippen molar-refractivity contribution in [2.45, 2.75) is 24.7 Å². The second-order valence-corrected chi connectivity index (χ2v) is 8.14. The molecular weight excluding hydrogens is 364 g/mol. The molecule has 0 N–H and O–H groups in total. The van der Waals surface area contributed by atoms with E-state index in [1.165, 1.54) is 4.31 Å². The highest BCUT2D eigenvalue weighted by Gasteiger charge is 2.26. The van der Waals surface area contributed by atoms with Crippen LogP contribution in [-0.4, -0.2) is 45.7 Å². The van der Waals surface area contributed by atoms with Gasteiger partial charge >= 0.3 is 0 Å². The van der Waals surface area contributed by atoms with E-state index in [0.717, 1.165) is 18.4 Å². The monoisotopic (exact) mass is 388 g/mol. The summed E-state index contributed by atoms with van der Waals surface area (Å²) in [4.78, 5) is 4.73. The van der Waals surface area contributed by atoms with Gasteiger partial charge in [0.05, 0.1) is 24.3 Å². The van der Waals surface area contributed by atoms with E-state index in [-0.39, 0.29) is 0 Å². The third kappa shape index (κ3) is 4.48. The number of hydrogen-bond acceptors (Lipinski definition) is 5. The van der Waals surface area contributed by atoms with Crippen LogP contribution in [0.25, 0.3) is 0 Å². The first-order chi connectivity index (χ1) is 13.0. The van der Waals surface area contributed by atoms with Crippen molar-refractivity contribution < 1.29 is 17.9 Å². The van der Waals surface area contributed by atoms with E-state index in [2.05, 4.69) is 4.99 Å². The molecular formula is C20H24N2O4S. The molecule has 2 aromatic carbocycles. The van der Waals surface area contributed by atoms with Crippen LogP contribution in [0.3, 0.4) is 0 Å². The van der Waals surface area contributed by atoms with Crippen LogP contribution >= 0.6 is 0 Å². The second kappa shape index (κ2) is 8.54. The molecule has 144 valence electrons. The van der Waals surface area contributed by atoms with Gasteiger partial charge in [0.25, 0.3) is 0 Å². The van der Waals surface area contributed by atoms with Crippen LogP contribution < -0.4 is 9.47 Å². The molecule has 2 aromatic rings. The molecule has 0 bridgehead atoms. The number of nitrogens with zero attached hydrogens (tertiary/aromatic N) is 2. The quantitative estimate of drug-likeness (QED) is 0.679. The predicted octanol–water partition coefficient (Wildman–Crippen LogP) is 3.63. The smallest absolute Gasteiger partial charge is 0.243 e. The number of rotatable bonds is 7. The van der Waals surface area contributed by atoms with Gasteiger partial charge in [-0.2, -0.15) is 4.31 Å². The Labute approximate surface area is 160 Å². The highest BCUT2D eigenvalue weighted by atomic mass is 32.2. The highest BCUT2D eigenvalue weighted by molar-refractivity contribution is 7.89. The van der Waals surface area contributed by atoms with Gasteiger partial charge in [0.2, 0.25) is 10.0 Å². The Morgan fingerprint density at radius 2 is 1.78 bits per heavy atom. The number of sulfonamides is 1. The van der Waals surface area contributed by atoms with Gasteiger partial charge in [0.1, 0.15) is 0 Å². The van der Waals surface area contributed by atoms with Gasteiger partial charge in [-0.15, -0.1) is 0 Å². The Hall–Kier alpha value is -2.38. The third-order valence-electron chi connectivity index (χ3n) is 4.39. The van der Waals surface area contributed by atoms with E-state index >= 15 is 0 Å². The summed E-state index contributed by atoms with van der Waals surface area (Å²) in [5.41, 5.74) is 1.55. The van der Waals surface area contributed by atoms with Crippen molar-refractivity contribution in [1.29, 1.82) is 0 Å². The van der Waals surface area contributed by atoms with Crippen LogP contribution in [0, 0.1) is 0 Å². The Kier molecular flexibility index (Phi) is 6.13. The average molecular weight is 388 g/mol. The van der Waals surface area contributed by atoms with Gasteiger partial charge in [-0.05, 0) is 67.8 Å². The molecule has 0 spiro atoms.